The zero-order valence-corrected chi connectivity index (χ0v) is 16.9. The number of para-hydroxylation sites is 2. The minimum Gasteiger partial charge on any atom is -0.495 e. The fourth-order valence-corrected chi connectivity index (χ4v) is 3.53. The van der Waals surface area contributed by atoms with E-state index in [4.69, 9.17) is 10.5 Å². The van der Waals surface area contributed by atoms with E-state index in [-0.39, 0.29) is 28.2 Å². The molecule has 0 saturated heterocycles. The standard InChI is InChI=1S/C23H18N4O5/c1-32-18-11-3-2-9-16(18)25-23(29)19-17-10-4-5-12-26(17)21(20(19)24)22(28)14-7-6-8-15(13-14)27(30)31/h2-13H,24H2,1H3,(H,25,29). The Morgan fingerprint density at radius 2 is 1.81 bits per heavy atom. The third-order valence-corrected chi connectivity index (χ3v) is 5.00. The van der Waals surface area contributed by atoms with Crippen molar-refractivity contribution in [2.24, 2.45) is 0 Å². The molecule has 0 fully saturated rings. The highest BCUT2D eigenvalue weighted by atomic mass is 16.6. The number of nitrogens with two attached hydrogens (primary N) is 1. The van der Waals surface area contributed by atoms with Crippen molar-refractivity contribution in [2.75, 3.05) is 18.2 Å². The lowest BCUT2D eigenvalue weighted by molar-refractivity contribution is -0.384. The molecule has 0 atom stereocenters. The van der Waals surface area contributed by atoms with Crippen LogP contribution in [0.1, 0.15) is 26.4 Å². The number of ether oxygens (including phenoxy) is 1. The maximum Gasteiger partial charge on any atom is 0.270 e. The molecule has 9 nitrogen and oxygen atoms in total. The molecule has 3 N–H and O–H groups in total. The quantitative estimate of drug-likeness (QED) is 0.271. The van der Waals surface area contributed by atoms with E-state index >= 15 is 0 Å². The van der Waals surface area contributed by atoms with Crippen LogP contribution in [0.5, 0.6) is 5.75 Å². The van der Waals surface area contributed by atoms with Crippen LogP contribution in [0.25, 0.3) is 5.52 Å². The number of nitro benzene ring substituents is 1. The van der Waals surface area contributed by atoms with Gasteiger partial charge in [-0.3, -0.25) is 19.7 Å². The smallest absolute Gasteiger partial charge is 0.270 e. The minimum absolute atomic E-state index is 0.0277. The van der Waals surface area contributed by atoms with Crippen LogP contribution < -0.4 is 15.8 Å². The second-order valence-corrected chi connectivity index (χ2v) is 6.88. The van der Waals surface area contributed by atoms with Crippen molar-refractivity contribution in [3.05, 3.63) is 99.9 Å². The number of methoxy groups -OCH3 is 1. The fraction of sp³-hybridized carbons (Fsp3) is 0.0435. The molecule has 1 amide bonds. The lowest BCUT2D eigenvalue weighted by atomic mass is 10.1. The van der Waals surface area contributed by atoms with Crippen molar-refractivity contribution in [1.82, 2.24) is 4.40 Å². The number of pyridine rings is 1. The molecule has 0 saturated carbocycles. The van der Waals surface area contributed by atoms with E-state index in [0.29, 0.717) is 17.0 Å². The number of fused-ring (bicyclic) bond motifs is 1. The molecule has 0 aliphatic rings. The number of nitro groups is 1. The van der Waals surface area contributed by atoms with Crippen molar-refractivity contribution in [1.29, 1.82) is 0 Å². The summed E-state index contributed by atoms with van der Waals surface area (Å²) in [6.07, 6.45) is 1.61. The van der Waals surface area contributed by atoms with Crippen LogP contribution >= 0.6 is 0 Å². The molecule has 2 heterocycles. The normalized spacial score (nSPS) is 10.7. The molecule has 2 aromatic heterocycles. The van der Waals surface area contributed by atoms with Gasteiger partial charge in [0, 0.05) is 23.9 Å². The molecular formula is C23H18N4O5. The average Bonchev–Trinajstić information content (AvgIpc) is 3.10. The molecule has 9 heteroatoms. The van der Waals surface area contributed by atoms with Crippen LogP contribution in [-0.4, -0.2) is 28.1 Å². The summed E-state index contributed by atoms with van der Waals surface area (Å²) in [5, 5.41) is 13.9. The lowest BCUT2D eigenvalue weighted by Crippen LogP contribution is -2.14. The first-order valence-corrected chi connectivity index (χ1v) is 9.54. The number of rotatable bonds is 6. The minimum atomic E-state index is -0.581. The third kappa shape index (κ3) is 3.52. The molecule has 0 unspecified atom stereocenters. The summed E-state index contributed by atoms with van der Waals surface area (Å²) >= 11 is 0. The number of benzene rings is 2. The van der Waals surface area contributed by atoms with E-state index in [2.05, 4.69) is 5.32 Å². The van der Waals surface area contributed by atoms with Gasteiger partial charge in [0.25, 0.3) is 11.6 Å². The summed E-state index contributed by atoms with van der Waals surface area (Å²) < 4.78 is 6.78. The largest absolute Gasteiger partial charge is 0.495 e. The Morgan fingerprint density at radius 1 is 1.06 bits per heavy atom. The number of carbonyl (C=O) groups excluding carboxylic acids is 2. The van der Waals surface area contributed by atoms with Gasteiger partial charge in [-0.25, -0.2) is 0 Å². The Balaban J connectivity index is 1.82. The molecule has 4 rings (SSSR count). The molecule has 0 aliphatic heterocycles. The van der Waals surface area contributed by atoms with E-state index in [1.165, 1.54) is 35.8 Å². The molecule has 32 heavy (non-hydrogen) atoms. The summed E-state index contributed by atoms with van der Waals surface area (Å²) in [5.74, 6) is -0.589. The van der Waals surface area contributed by atoms with Crippen molar-refractivity contribution in [3.63, 3.8) is 0 Å². The Kier molecular flexibility index (Phi) is 5.30. The summed E-state index contributed by atoms with van der Waals surface area (Å²) in [6.45, 7) is 0. The van der Waals surface area contributed by atoms with Gasteiger partial charge in [0.05, 0.1) is 34.5 Å². The Morgan fingerprint density at radius 3 is 2.56 bits per heavy atom. The maximum absolute atomic E-state index is 13.3. The average molecular weight is 430 g/mol. The van der Waals surface area contributed by atoms with Crippen molar-refractivity contribution in [2.45, 2.75) is 0 Å². The van der Waals surface area contributed by atoms with Crippen molar-refractivity contribution < 1.29 is 19.2 Å². The van der Waals surface area contributed by atoms with Crippen LogP contribution in [-0.2, 0) is 0 Å². The van der Waals surface area contributed by atoms with Crippen LogP contribution in [0.3, 0.4) is 0 Å². The van der Waals surface area contributed by atoms with Gasteiger partial charge in [0.1, 0.15) is 11.4 Å². The van der Waals surface area contributed by atoms with E-state index in [9.17, 15) is 19.7 Å². The molecule has 160 valence electrons. The number of anilines is 2. The number of aromatic nitrogens is 1. The van der Waals surface area contributed by atoms with Crippen LogP contribution in [0.2, 0.25) is 0 Å². The summed E-state index contributed by atoms with van der Waals surface area (Å²) in [4.78, 5) is 37.0. The lowest BCUT2D eigenvalue weighted by Gasteiger charge is -2.10. The van der Waals surface area contributed by atoms with Crippen molar-refractivity contribution >= 4 is 34.3 Å². The van der Waals surface area contributed by atoms with E-state index in [0.717, 1.165) is 0 Å². The van der Waals surface area contributed by atoms with Crippen LogP contribution in [0, 0.1) is 10.1 Å². The predicted molar refractivity (Wildman–Crippen MR) is 119 cm³/mol. The molecule has 4 aromatic rings. The van der Waals surface area contributed by atoms with Gasteiger partial charge < -0.3 is 20.2 Å². The highest BCUT2D eigenvalue weighted by Crippen LogP contribution is 2.31. The molecule has 0 spiro atoms. The van der Waals surface area contributed by atoms with Gasteiger partial charge in [-0.05, 0) is 24.3 Å². The molecular weight excluding hydrogens is 412 g/mol. The van der Waals surface area contributed by atoms with Gasteiger partial charge in [-0.15, -0.1) is 0 Å². The van der Waals surface area contributed by atoms with Gasteiger partial charge >= 0.3 is 0 Å². The Bertz CT molecular complexity index is 1380. The van der Waals surface area contributed by atoms with Gasteiger partial charge in [-0.2, -0.15) is 0 Å². The Hall–Kier alpha value is -4.66. The first-order valence-electron chi connectivity index (χ1n) is 9.54. The maximum atomic E-state index is 13.3. The zero-order valence-electron chi connectivity index (χ0n) is 16.9. The summed E-state index contributed by atoms with van der Waals surface area (Å²) in [7, 11) is 1.49. The second kappa shape index (κ2) is 8.23. The van der Waals surface area contributed by atoms with Crippen LogP contribution in [0.15, 0.2) is 72.9 Å². The number of nitrogens with zero attached hydrogens (tertiary/aromatic N) is 2. The SMILES string of the molecule is COc1ccccc1NC(=O)c1c(N)c(C(=O)c2cccc([N+](=O)[O-])c2)n2ccccc12. The number of non-ortho nitro benzene ring substituents is 1. The fourth-order valence-electron chi connectivity index (χ4n) is 3.53. The molecule has 0 bridgehead atoms. The summed E-state index contributed by atoms with van der Waals surface area (Å²) in [5.41, 5.74) is 7.18. The zero-order chi connectivity index (χ0) is 22.8. The third-order valence-electron chi connectivity index (χ3n) is 5.00. The number of amides is 1. The van der Waals surface area contributed by atoms with Gasteiger partial charge in [-0.1, -0.05) is 30.3 Å². The number of nitrogens with one attached hydrogen (secondary N) is 1. The number of nitrogen functional groups attached to an aromatic ring is 1. The second-order valence-electron chi connectivity index (χ2n) is 6.88. The molecule has 0 aliphatic carbocycles. The van der Waals surface area contributed by atoms with E-state index in [1.54, 1.807) is 48.7 Å². The number of carbonyl (C=O) groups is 2. The van der Waals surface area contributed by atoms with Gasteiger partial charge in [0.15, 0.2) is 0 Å². The first-order chi connectivity index (χ1) is 15.4. The number of hydrogen-bond donors (Lipinski definition) is 2. The summed E-state index contributed by atoms with van der Waals surface area (Å²) in [6, 6.07) is 17.3. The highest BCUT2D eigenvalue weighted by Gasteiger charge is 2.27. The monoisotopic (exact) mass is 430 g/mol. The Labute approximate surface area is 182 Å². The van der Waals surface area contributed by atoms with Crippen molar-refractivity contribution in [3.8, 4) is 5.75 Å². The number of hydrogen-bond acceptors (Lipinski definition) is 6. The predicted octanol–water partition coefficient (Wildman–Crippen LogP) is 3.92. The van der Waals surface area contributed by atoms with E-state index < -0.39 is 16.6 Å². The highest BCUT2D eigenvalue weighted by molar-refractivity contribution is 6.20. The van der Waals surface area contributed by atoms with Gasteiger partial charge in [0.2, 0.25) is 5.78 Å². The first kappa shape index (κ1) is 20.6. The van der Waals surface area contributed by atoms with Crippen LogP contribution in [0.4, 0.5) is 17.1 Å². The topological polar surface area (TPSA) is 129 Å². The number of ketones is 1. The molecule has 2 aromatic carbocycles. The van der Waals surface area contributed by atoms with E-state index in [1.807, 2.05) is 0 Å². The molecule has 0 radical (unpaired) electrons.